The van der Waals surface area contributed by atoms with Crippen molar-refractivity contribution >= 4 is 16.1 Å². The van der Waals surface area contributed by atoms with Crippen LogP contribution in [-0.2, 0) is 10.0 Å². The first-order valence-corrected chi connectivity index (χ1v) is 8.18. The van der Waals surface area contributed by atoms with Gasteiger partial charge in [-0.05, 0) is 19.3 Å². The van der Waals surface area contributed by atoms with Gasteiger partial charge in [0.1, 0.15) is 0 Å². The Morgan fingerprint density at radius 2 is 1.94 bits per heavy atom. The lowest BCUT2D eigenvalue weighted by Gasteiger charge is -2.35. The third-order valence-electron chi connectivity index (χ3n) is 3.61. The Bertz CT molecular complexity index is 402. The monoisotopic (exact) mass is 275 g/mol. The van der Waals surface area contributed by atoms with Gasteiger partial charge in [-0.15, -0.1) is 0 Å². The molecule has 0 atom stereocenters. The van der Waals surface area contributed by atoms with Crippen LogP contribution in [0.4, 0.5) is 4.79 Å². The lowest BCUT2D eigenvalue weighted by atomic mass is 10.1. The molecule has 7 heteroatoms. The predicted molar refractivity (Wildman–Crippen MR) is 68.8 cm³/mol. The quantitative estimate of drug-likeness (QED) is 0.797. The van der Waals surface area contributed by atoms with E-state index in [-0.39, 0.29) is 17.8 Å². The number of sulfonamides is 1. The first kappa shape index (κ1) is 13.6. The Balaban J connectivity index is 1.90. The van der Waals surface area contributed by atoms with E-state index in [1.165, 1.54) is 0 Å². The van der Waals surface area contributed by atoms with E-state index in [4.69, 9.17) is 0 Å². The summed E-state index contributed by atoms with van der Waals surface area (Å²) in [5.74, 6) is 0.224. The van der Waals surface area contributed by atoms with E-state index >= 15 is 0 Å². The van der Waals surface area contributed by atoms with Crippen molar-refractivity contribution in [2.24, 2.45) is 0 Å². The molecule has 18 heavy (non-hydrogen) atoms. The first-order chi connectivity index (χ1) is 8.54. The zero-order chi connectivity index (χ0) is 13.2. The van der Waals surface area contributed by atoms with Crippen LogP contribution in [0, 0.1) is 0 Å². The van der Waals surface area contributed by atoms with E-state index in [1.54, 1.807) is 4.31 Å². The van der Waals surface area contributed by atoms with Crippen LogP contribution in [0.25, 0.3) is 0 Å². The number of nitrogens with zero attached hydrogens (tertiary/aromatic N) is 2. The van der Waals surface area contributed by atoms with Gasteiger partial charge in [-0.3, -0.25) is 0 Å². The molecule has 2 fully saturated rings. The molecule has 2 saturated heterocycles. The molecule has 0 radical (unpaired) electrons. The fraction of sp³-hybridized carbons (Fsp3) is 0.909. The second-order valence-corrected chi connectivity index (χ2v) is 6.96. The van der Waals surface area contributed by atoms with Crippen LogP contribution in [0.3, 0.4) is 0 Å². The summed E-state index contributed by atoms with van der Waals surface area (Å²) < 4.78 is 25.4. The topological polar surface area (TPSA) is 69.7 Å². The number of rotatable bonds is 4. The minimum atomic E-state index is -3.08. The first-order valence-electron chi connectivity index (χ1n) is 6.57. The maximum Gasteiger partial charge on any atom is 0.317 e. The molecule has 0 aromatic heterocycles. The molecule has 6 nitrogen and oxygen atoms in total. The number of amides is 2. The molecule has 0 saturated carbocycles. The van der Waals surface area contributed by atoms with Crippen molar-refractivity contribution < 1.29 is 13.2 Å². The van der Waals surface area contributed by atoms with Crippen LogP contribution in [-0.4, -0.2) is 61.6 Å². The van der Waals surface area contributed by atoms with E-state index < -0.39 is 10.0 Å². The van der Waals surface area contributed by atoms with Gasteiger partial charge in [-0.2, -0.15) is 0 Å². The fourth-order valence-electron chi connectivity index (χ4n) is 2.65. The molecule has 2 heterocycles. The predicted octanol–water partition coefficient (Wildman–Crippen LogP) is 0.216. The summed E-state index contributed by atoms with van der Waals surface area (Å²) in [5, 5.41) is 2.78. The maximum absolute atomic E-state index is 11.9. The molecule has 0 bridgehead atoms. The van der Waals surface area contributed by atoms with Crippen molar-refractivity contribution in [1.82, 2.24) is 14.5 Å². The maximum atomic E-state index is 11.9. The highest BCUT2D eigenvalue weighted by molar-refractivity contribution is 7.89. The molecular formula is C11H21N3O3S. The Labute approximate surface area is 108 Å². The molecule has 2 amide bonds. The van der Waals surface area contributed by atoms with Gasteiger partial charge in [0.2, 0.25) is 10.0 Å². The highest BCUT2D eigenvalue weighted by atomic mass is 32.2. The van der Waals surface area contributed by atoms with E-state index in [0.29, 0.717) is 26.1 Å². The molecule has 0 aromatic carbocycles. The minimum Gasteiger partial charge on any atom is -0.336 e. The average molecular weight is 275 g/mol. The minimum absolute atomic E-state index is 0.00938. The number of hydrogen-bond acceptors (Lipinski definition) is 3. The van der Waals surface area contributed by atoms with Gasteiger partial charge in [0, 0.05) is 32.2 Å². The van der Waals surface area contributed by atoms with Crippen molar-refractivity contribution in [3.8, 4) is 0 Å². The summed E-state index contributed by atoms with van der Waals surface area (Å²) in [6.07, 6.45) is 2.14. The summed E-state index contributed by atoms with van der Waals surface area (Å²) in [5.41, 5.74) is 0. The van der Waals surface area contributed by atoms with Crippen LogP contribution < -0.4 is 5.32 Å². The van der Waals surface area contributed by atoms with Gasteiger partial charge in [-0.1, -0.05) is 6.92 Å². The van der Waals surface area contributed by atoms with E-state index in [0.717, 1.165) is 19.4 Å². The molecule has 0 aliphatic carbocycles. The van der Waals surface area contributed by atoms with Crippen LogP contribution >= 0.6 is 0 Å². The zero-order valence-electron chi connectivity index (χ0n) is 10.8. The number of piperidine rings is 1. The number of carbonyl (C=O) groups excluding carboxylic acids is 1. The molecule has 2 rings (SSSR count). The van der Waals surface area contributed by atoms with Crippen LogP contribution in [0.5, 0.6) is 0 Å². The Morgan fingerprint density at radius 1 is 1.28 bits per heavy atom. The van der Waals surface area contributed by atoms with Crippen molar-refractivity contribution in [2.75, 3.05) is 31.9 Å². The average Bonchev–Trinajstić information content (AvgIpc) is 2.76. The lowest BCUT2D eigenvalue weighted by molar-refractivity contribution is 0.167. The summed E-state index contributed by atoms with van der Waals surface area (Å²) in [4.78, 5) is 13.4. The summed E-state index contributed by atoms with van der Waals surface area (Å²) in [6, 6.07) is 0.186. The van der Waals surface area contributed by atoms with Gasteiger partial charge in [0.25, 0.3) is 0 Å². The highest BCUT2D eigenvalue weighted by Gasteiger charge is 2.33. The van der Waals surface area contributed by atoms with Crippen LogP contribution in [0.2, 0.25) is 0 Å². The summed E-state index contributed by atoms with van der Waals surface area (Å²) in [7, 11) is -3.08. The standard InChI is InChI=1S/C11H21N3O3S/c1-2-9-18(16,17)13-6-3-10(4-7-13)14-8-5-12-11(14)15/h10H,2-9H2,1H3,(H,12,15). The largest absolute Gasteiger partial charge is 0.336 e. The molecule has 1 N–H and O–H groups in total. The van der Waals surface area contributed by atoms with E-state index in [2.05, 4.69) is 5.32 Å². The lowest BCUT2D eigenvalue weighted by Crippen LogP contribution is -2.48. The summed E-state index contributed by atoms with van der Waals surface area (Å²) >= 11 is 0. The third-order valence-corrected chi connectivity index (χ3v) is 5.69. The third kappa shape index (κ3) is 2.77. The Morgan fingerprint density at radius 3 is 2.44 bits per heavy atom. The molecule has 0 spiro atoms. The Hall–Kier alpha value is -0.820. The summed E-state index contributed by atoms with van der Waals surface area (Å²) in [6.45, 7) is 4.39. The number of urea groups is 1. The molecule has 2 aliphatic rings. The van der Waals surface area contributed by atoms with Gasteiger partial charge < -0.3 is 10.2 Å². The van der Waals surface area contributed by atoms with Gasteiger partial charge in [0.15, 0.2) is 0 Å². The van der Waals surface area contributed by atoms with Crippen molar-refractivity contribution in [3.05, 3.63) is 0 Å². The zero-order valence-corrected chi connectivity index (χ0v) is 11.6. The molecule has 0 unspecified atom stereocenters. The highest BCUT2D eigenvalue weighted by Crippen LogP contribution is 2.20. The van der Waals surface area contributed by atoms with Crippen LogP contribution in [0.1, 0.15) is 26.2 Å². The van der Waals surface area contributed by atoms with E-state index in [9.17, 15) is 13.2 Å². The smallest absolute Gasteiger partial charge is 0.317 e. The number of nitrogens with one attached hydrogen (secondary N) is 1. The normalized spacial score (nSPS) is 23.4. The van der Waals surface area contributed by atoms with Crippen molar-refractivity contribution in [3.63, 3.8) is 0 Å². The van der Waals surface area contributed by atoms with Crippen molar-refractivity contribution in [1.29, 1.82) is 0 Å². The molecule has 2 aliphatic heterocycles. The molecular weight excluding hydrogens is 254 g/mol. The van der Waals surface area contributed by atoms with Crippen LogP contribution in [0.15, 0.2) is 0 Å². The van der Waals surface area contributed by atoms with Gasteiger partial charge in [-0.25, -0.2) is 17.5 Å². The van der Waals surface area contributed by atoms with Crippen molar-refractivity contribution in [2.45, 2.75) is 32.2 Å². The number of hydrogen-bond donors (Lipinski definition) is 1. The molecule has 104 valence electrons. The Kier molecular flexibility index (Phi) is 4.11. The van der Waals surface area contributed by atoms with Gasteiger partial charge >= 0.3 is 6.03 Å². The molecule has 0 aromatic rings. The SMILES string of the molecule is CCCS(=O)(=O)N1CCC(N2CCNC2=O)CC1. The van der Waals surface area contributed by atoms with Gasteiger partial charge in [0.05, 0.1) is 5.75 Å². The fourth-order valence-corrected chi connectivity index (χ4v) is 4.20. The second-order valence-electron chi connectivity index (χ2n) is 4.87. The van der Waals surface area contributed by atoms with E-state index in [1.807, 2.05) is 11.8 Å². The number of carbonyl (C=O) groups is 1. The second kappa shape index (κ2) is 5.44.